The number of carbonyl (C=O) groups is 2. The number of fused-ring (bicyclic) bond motifs is 4. The van der Waals surface area contributed by atoms with Gasteiger partial charge in [0.2, 0.25) is 5.95 Å². The number of aromatic amines is 1. The summed E-state index contributed by atoms with van der Waals surface area (Å²) in [5.74, 6) is 0.116. The summed E-state index contributed by atoms with van der Waals surface area (Å²) in [6.07, 6.45) is -0.349. The molecule has 1 atom stereocenters. The lowest BCUT2D eigenvalue weighted by atomic mass is 9.84. The maximum absolute atomic E-state index is 13.6. The Bertz CT molecular complexity index is 1750. The summed E-state index contributed by atoms with van der Waals surface area (Å²) in [7, 11) is 1.22. The molecule has 46 heavy (non-hydrogen) atoms. The van der Waals surface area contributed by atoms with E-state index in [0.717, 1.165) is 54.3 Å². The molecule has 0 radical (unpaired) electrons. The van der Waals surface area contributed by atoms with Gasteiger partial charge in [-0.2, -0.15) is 18.4 Å². The minimum absolute atomic E-state index is 0.0368. The second kappa shape index (κ2) is 12.8. The van der Waals surface area contributed by atoms with Crippen molar-refractivity contribution in [3.63, 3.8) is 0 Å². The average Bonchev–Trinajstić information content (AvgIpc) is 3.44. The monoisotopic (exact) mass is 638 g/mol. The molecule has 11 nitrogen and oxygen atoms in total. The Balaban J connectivity index is 0.00000134. The normalized spacial score (nSPS) is 22.0. The number of halogens is 3. The van der Waals surface area contributed by atoms with Crippen molar-refractivity contribution < 1.29 is 37.1 Å². The number of H-pyrrole nitrogens is 1. The molecule has 5 heterocycles. The number of nitriles is 1. The molecule has 2 bridgehead atoms. The smallest absolute Gasteiger partial charge is 0.416 e. The van der Waals surface area contributed by atoms with Gasteiger partial charge in [0.25, 0.3) is 0 Å². The zero-order chi connectivity index (χ0) is 33.2. The first-order valence-electron chi connectivity index (χ1n) is 14.8. The summed E-state index contributed by atoms with van der Waals surface area (Å²) < 4.78 is 48.4. The molecule has 7 rings (SSSR count). The van der Waals surface area contributed by atoms with Crippen LogP contribution in [0.5, 0.6) is 0 Å². The van der Waals surface area contributed by atoms with Crippen LogP contribution in [-0.4, -0.2) is 65.0 Å². The Morgan fingerprint density at radius 3 is 2.48 bits per heavy atom. The number of anilines is 2. The van der Waals surface area contributed by atoms with Gasteiger partial charge in [-0.1, -0.05) is 12.1 Å². The van der Waals surface area contributed by atoms with Crippen LogP contribution in [0.3, 0.4) is 0 Å². The second-order valence-corrected chi connectivity index (χ2v) is 11.8. The number of aromatic nitrogens is 3. The van der Waals surface area contributed by atoms with Gasteiger partial charge in [0.1, 0.15) is 6.04 Å². The minimum Gasteiger partial charge on any atom is -0.554 e. The zero-order valence-electron chi connectivity index (χ0n) is 25.3. The van der Waals surface area contributed by atoms with Crippen LogP contribution in [0.4, 0.5) is 24.8 Å². The van der Waals surface area contributed by atoms with Crippen LogP contribution in [0, 0.1) is 17.2 Å². The molecule has 14 heteroatoms. The number of quaternary nitrogens is 1. The first-order chi connectivity index (χ1) is 22.0. The lowest BCUT2D eigenvalue weighted by Crippen LogP contribution is -2.58. The van der Waals surface area contributed by atoms with E-state index in [1.165, 1.54) is 48.0 Å². The molecule has 0 aliphatic carbocycles. The van der Waals surface area contributed by atoms with E-state index in [4.69, 9.17) is 14.6 Å². The SMILES string of the molecule is COC(=O)C1=C(C)N(c2cccc(C(F)(F)F)c2)c2n[nH]c(=O)n2C1c1ccc(C#N)cc1CC[N+]12CCC(CC1)CC2.O=C[O-]. The van der Waals surface area contributed by atoms with E-state index in [1.54, 1.807) is 25.1 Å². The molecule has 0 spiro atoms. The molecule has 3 saturated heterocycles. The van der Waals surface area contributed by atoms with Crippen LogP contribution >= 0.6 is 0 Å². The Labute approximate surface area is 262 Å². The molecule has 4 aliphatic rings. The summed E-state index contributed by atoms with van der Waals surface area (Å²) in [6.45, 7) is 5.31. The number of nitrogens with one attached hydrogen (secondary N) is 1. The lowest BCUT2D eigenvalue weighted by molar-refractivity contribution is -0.942. The number of alkyl halides is 3. The fourth-order valence-electron chi connectivity index (χ4n) is 7.07. The maximum atomic E-state index is 13.6. The number of benzene rings is 2. The summed E-state index contributed by atoms with van der Waals surface area (Å²) in [5, 5.41) is 24.6. The molecule has 3 aromatic rings. The van der Waals surface area contributed by atoms with Gasteiger partial charge in [0, 0.05) is 24.3 Å². The van der Waals surface area contributed by atoms with Crippen molar-refractivity contribution in [1.82, 2.24) is 14.8 Å². The third-order valence-corrected chi connectivity index (χ3v) is 9.44. The predicted octanol–water partition coefficient (Wildman–Crippen LogP) is 3.19. The van der Waals surface area contributed by atoms with Crippen molar-refractivity contribution in [2.24, 2.45) is 5.92 Å². The number of rotatable bonds is 6. The van der Waals surface area contributed by atoms with E-state index < -0.39 is 35.9 Å². The molecule has 1 aromatic heterocycles. The predicted molar refractivity (Wildman–Crippen MR) is 157 cm³/mol. The van der Waals surface area contributed by atoms with E-state index >= 15 is 0 Å². The third kappa shape index (κ3) is 6.02. The van der Waals surface area contributed by atoms with Crippen LogP contribution in [0.2, 0.25) is 0 Å². The maximum Gasteiger partial charge on any atom is 0.416 e. The molecule has 1 unspecified atom stereocenters. The van der Waals surface area contributed by atoms with E-state index in [-0.39, 0.29) is 22.9 Å². The summed E-state index contributed by atoms with van der Waals surface area (Å²) in [5.41, 5.74) is 0.844. The van der Waals surface area contributed by atoms with Crippen molar-refractivity contribution in [3.05, 3.63) is 86.5 Å². The highest BCUT2D eigenvalue weighted by Gasteiger charge is 2.42. The van der Waals surface area contributed by atoms with Gasteiger partial charge in [0.15, 0.2) is 0 Å². The van der Waals surface area contributed by atoms with Crippen molar-refractivity contribution in [2.75, 3.05) is 38.2 Å². The zero-order valence-corrected chi connectivity index (χ0v) is 25.3. The highest BCUT2D eigenvalue weighted by molar-refractivity contribution is 5.93. The first kappa shape index (κ1) is 32.5. The van der Waals surface area contributed by atoms with Gasteiger partial charge in [0.05, 0.1) is 56.1 Å². The number of esters is 1. The number of carboxylic acid groups (broad SMARTS) is 1. The molecule has 1 N–H and O–H groups in total. The van der Waals surface area contributed by atoms with Gasteiger partial charge >= 0.3 is 17.8 Å². The number of hydrogen-bond acceptors (Lipinski definition) is 8. The number of allylic oxidation sites excluding steroid dienone is 1. The Kier molecular flexibility index (Phi) is 9.07. The minimum atomic E-state index is -4.60. The van der Waals surface area contributed by atoms with Crippen LogP contribution in [-0.2, 0) is 26.9 Å². The van der Waals surface area contributed by atoms with Gasteiger partial charge in [-0.3, -0.25) is 4.90 Å². The average molecular weight is 639 g/mol. The molecule has 2 aromatic carbocycles. The highest BCUT2D eigenvalue weighted by Crippen LogP contribution is 2.44. The molecule has 4 aliphatic heterocycles. The quantitative estimate of drug-likeness (QED) is 0.246. The number of hydrogen-bond donors (Lipinski definition) is 1. The van der Waals surface area contributed by atoms with Crippen molar-refractivity contribution >= 4 is 24.1 Å². The Morgan fingerprint density at radius 2 is 1.87 bits per heavy atom. The van der Waals surface area contributed by atoms with Crippen molar-refractivity contribution in [3.8, 4) is 6.07 Å². The standard InChI is InChI=1S/C31H31F3N6O3.CH2O2/c1-19-26(28(41)43-2)27(39-29(36-37-30(39)42)38(19)24-5-3-4-23(17-24)31(32,33)34)25-7-6-21(18-35)16-22(25)11-15-40-12-8-20(9-13-40)10-14-40;2-1-3/h3-7,16-17,20,27H,8-15H2,1-2H3;1H,(H,2,3). The van der Waals surface area contributed by atoms with E-state index in [1.807, 2.05) is 0 Å². The first-order valence-corrected chi connectivity index (χ1v) is 14.8. The largest absolute Gasteiger partial charge is 0.554 e. The number of piperidine rings is 3. The molecular formula is C32H33F3N6O5. The van der Waals surface area contributed by atoms with Gasteiger partial charge in [-0.25, -0.2) is 19.3 Å². The molecule has 3 fully saturated rings. The third-order valence-electron chi connectivity index (χ3n) is 9.44. The fourth-order valence-corrected chi connectivity index (χ4v) is 7.07. The Morgan fingerprint density at radius 1 is 1.20 bits per heavy atom. The highest BCUT2D eigenvalue weighted by atomic mass is 19.4. The van der Waals surface area contributed by atoms with Crippen LogP contribution < -0.4 is 15.7 Å². The Hall–Kier alpha value is -4.90. The van der Waals surface area contributed by atoms with Crippen LogP contribution in [0.1, 0.15) is 54.5 Å². The fraction of sp³-hybridized carbons (Fsp3) is 0.406. The summed E-state index contributed by atoms with van der Waals surface area (Å²) in [4.78, 5) is 36.4. The molecule has 0 saturated carbocycles. The van der Waals surface area contributed by atoms with E-state index in [2.05, 4.69) is 16.3 Å². The number of nitrogens with zero attached hydrogens (tertiary/aromatic N) is 5. The van der Waals surface area contributed by atoms with E-state index in [0.29, 0.717) is 17.5 Å². The molecule has 242 valence electrons. The van der Waals surface area contributed by atoms with Gasteiger partial charge in [-0.05, 0) is 73.6 Å². The number of carbonyl (C=O) groups excluding carboxylic acids is 2. The topological polar surface area (TPSA) is 144 Å². The molecule has 0 amide bonds. The van der Waals surface area contributed by atoms with E-state index in [9.17, 15) is 28.0 Å². The number of methoxy groups -OCH3 is 1. The summed E-state index contributed by atoms with van der Waals surface area (Å²) >= 11 is 0. The van der Waals surface area contributed by atoms with Crippen molar-refractivity contribution in [1.29, 1.82) is 5.26 Å². The van der Waals surface area contributed by atoms with Gasteiger partial charge < -0.3 is 19.1 Å². The van der Waals surface area contributed by atoms with Crippen LogP contribution in [0.25, 0.3) is 0 Å². The number of ether oxygens (including phenoxy) is 1. The summed E-state index contributed by atoms with van der Waals surface area (Å²) in [6, 6.07) is 11.0. The van der Waals surface area contributed by atoms with Crippen LogP contribution in [0.15, 0.2) is 58.5 Å². The van der Waals surface area contributed by atoms with Gasteiger partial charge in [-0.15, -0.1) is 5.10 Å². The second-order valence-electron chi connectivity index (χ2n) is 11.8. The molecular weight excluding hydrogens is 605 g/mol. The lowest BCUT2D eigenvalue weighted by Gasteiger charge is -2.49. The van der Waals surface area contributed by atoms with Crippen molar-refractivity contribution in [2.45, 2.75) is 44.8 Å².